The van der Waals surface area contributed by atoms with Gasteiger partial charge in [-0.25, -0.2) is 4.98 Å². The summed E-state index contributed by atoms with van der Waals surface area (Å²) in [4.78, 5) is 46.8. The summed E-state index contributed by atoms with van der Waals surface area (Å²) in [5.74, 6) is -0.306. The second-order valence-corrected chi connectivity index (χ2v) is 11.1. The summed E-state index contributed by atoms with van der Waals surface area (Å²) in [5.41, 5.74) is 2.41. The van der Waals surface area contributed by atoms with Gasteiger partial charge in [-0.05, 0) is 44.2 Å². The van der Waals surface area contributed by atoms with Crippen molar-refractivity contribution in [1.29, 1.82) is 0 Å². The van der Waals surface area contributed by atoms with Crippen LogP contribution in [-0.2, 0) is 17.8 Å². The number of H-pyrrole nitrogens is 1. The molecule has 3 amide bonds. The van der Waals surface area contributed by atoms with E-state index >= 15 is 0 Å². The SMILES string of the molecule is CN1CCc2nc(C(=O)N[C@@H]3CCCC[C@@H]3NC(=O)c3cc4cc(Cl)ccc4[nH]3)sc2C1.CNC(C)=O. The number of nitrogens with zero attached hydrogens (tertiary/aromatic N) is 2. The van der Waals surface area contributed by atoms with Gasteiger partial charge < -0.3 is 25.8 Å². The summed E-state index contributed by atoms with van der Waals surface area (Å²) in [5, 5.41) is 10.7. The number of halogens is 1. The monoisotopic (exact) mass is 544 g/mol. The maximum atomic E-state index is 13.0. The molecule has 0 saturated heterocycles. The van der Waals surface area contributed by atoms with Gasteiger partial charge in [0.25, 0.3) is 11.8 Å². The van der Waals surface area contributed by atoms with Gasteiger partial charge in [-0.3, -0.25) is 14.4 Å². The molecule has 0 radical (unpaired) electrons. The van der Waals surface area contributed by atoms with Crippen LogP contribution in [0.2, 0.25) is 5.02 Å². The summed E-state index contributed by atoms with van der Waals surface area (Å²) in [6.07, 6.45) is 4.61. The number of benzene rings is 1. The number of carbonyl (C=O) groups excluding carboxylic acids is 3. The fraction of sp³-hybridized carbons (Fsp3) is 0.462. The van der Waals surface area contributed by atoms with Crippen LogP contribution in [0.5, 0.6) is 0 Å². The van der Waals surface area contributed by atoms with Crippen LogP contribution in [0.15, 0.2) is 24.3 Å². The van der Waals surface area contributed by atoms with Crippen molar-refractivity contribution in [3.8, 4) is 0 Å². The number of rotatable bonds is 4. The van der Waals surface area contributed by atoms with E-state index in [0.29, 0.717) is 15.7 Å². The van der Waals surface area contributed by atoms with Crippen molar-refractivity contribution in [2.75, 3.05) is 20.6 Å². The molecule has 0 bridgehead atoms. The summed E-state index contributed by atoms with van der Waals surface area (Å²) in [7, 11) is 3.68. The molecule has 1 aromatic carbocycles. The molecule has 4 N–H and O–H groups in total. The van der Waals surface area contributed by atoms with Crippen molar-refractivity contribution in [1.82, 2.24) is 30.8 Å². The number of nitrogens with one attached hydrogen (secondary N) is 4. The standard InChI is InChI=1S/C23H26ClN5O2S.C3H7NO/c1-29-9-8-18-20(12-29)32-23(28-18)22(31)27-17-5-3-2-4-16(17)26-21(30)19-11-13-10-14(24)6-7-15(13)25-19;1-3(5)4-2/h6-7,10-11,16-17,25H,2-5,8-9,12H2,1H3,(H,26,30)(H,27,31);1-2H3,(H,4,5)/t16-,17+;/m0./s1. The largest absolute Gasteiger partial charge is 0.359 e. The molecule has 2 aliphatic rings. The number of aromatic amines is 1. The van der Waals surface area contributed by atoms with E-state index in [1.165, 1.54) is 23.1 Å². The average Bonchev–Trinajstić information content (AvgIpc) is 3.49. The van der Waals surface area contributed by atoms with E-state index in [2.05, 4.69) is 37.9 Å². The Morgan fingerprint density at radius 1 is 1.11 bits per heavy atom. The van der Waals surface area contributed by atoms with Crippen LogP contribution < -0.4 is 16.0 Å². The molecule has 3 heterocycles. The Kier molecular flexibility index (Phi) is 8.83. The molecule has 1 fully saturated rings. The molecule has 9 nitrogen and oxygen atoms in total. The zero-order valence-electron chi connectivity index (χ0n) is 21.3. The third-order valence-electron chi connectivity index (χ3n) is 6.69. The Labute approximate surface area is 225 Å². The number of aromatic nitrogens is 2. The third kappa shape index (κ3) is 6.88. The van der Waals surface area contributed by atoms with Crippen LogP contribution in [0.25, 0.3) is 10.9 Å². The smallest absolute Gasteiger partial charge is 0.280 e. The maximum absolute atomic E-state index is 13.0. The van der Waals surface area contributed by atoms with Crippen LogP contribution in [-0.4, -0.2) is 65.3 Å². The highest BCUT2D eigenvalue weighted by Gasteiger charge is 2.30. The van der Waals surface area contributed by atoms with E-state index in [4.69, 9.17) is 11.6 Å². The first-order valence-corrected chi connectivity index (χ1v) is 13.7. The van der Waals surface area contributed by atoms with E-state index in [0.717, 1.165) is 61.8 Å². The molecule has 3 aromatic rings. The lowest BCUT2D eigenvalue weighted by molar-refractivity contribution is -0.118. The van der Waals surface area contributed by atoms with E-state index in [1.54, 1.807) is 13.1 Å². The van der Waals surface area contributed by atoms with Gasteiger partial charge in [0, 0.05) is 66.4 Å². The number of fused-ring (bicyclic) bond motifs is 2. The molecule has 1 saturated carbocycles. The normalized spacial score (nSPS) is 19.4. The van der Waals surface area contributed by atoms with Gasteiger partial charge in [-0.2, -0.15) is 0 Å². The predicted molar refractivity (Wildman–Crippen MR) is 146 cm³/mol. The van der Waals surface area contributed by atoms with E-state index < -0.39 is 0 Å². The average molecular weight is 545 g/mol. The molecule has 0 spiro atoms. The zero-order valence-corrected chi connectivity index (χ0v) is 22.9. The van der Waals surface area contributed by atoms with Gasteiger partial charge in [-0.15, -0.1) is 11.3 Å². The number of likely N-dealkylation sites (N-methyl/N-ethyl adjacent to an activating group) is 1. The van der Waals surface area contributed by atoms with Crippen LogP contribution >= 0.6 is 22.9 Å². The van der Waals surface area contributed by atoms with Gasteiger partial charge in [0.1, 0.15) is 5.69 Å². The molecule has 5 rings (SSSR count). The quantitative estimate of drug-likeness (QED) is 0.401. The zero-order chi connectivity index (χ0) is 26.5. The van der Waals surface area contributed by atoms with Crippen LogP contribution in [0.4, 0.5) is 0 Å². The molecular formula is C26H33ClN6O3S. The molecule has 1 aliphatic carbocycles. The van der Waals surface area contributed by atoms with Gasteiger partial charge in [-0.1, -0.05) is 24.4 Å². The van der Waals surface area contributed by atoms with Crippen molar-refractivity contribution >= 4 is 51.6 Å². The number of hydrogen-bond acceptors (Lipinski definition) is 6. The van der Waals surface area contributed by atoms with Crippen molar-refractivity contribution in [2.24, 2.45) is 0 Å². The molecule has 0 unspecified atom stereocenters. The van der Waals surface area contributed by atoms with Crippen LogP contribution in [0, 0.1) is 0 Å². The van der Waals surface area contributed by atoms with Crippen molar-refractivity contribution in [3.63, 3.8) is 0 Å². The first kappa shape index (κ1) is 27.1. The highest BCUT2D eigenvalue weighted by atomic mass is 35.5. The van der Waals surface area contributed by atoms with E-state index in [9.17, 15) is 14.4 Å². The lowest BCUT2D eigenvalue weighted by Crippen LogP contribution is -2.53. The Hall–Kier alpha value is -2.95. The minimum atomic E-state index is -0.170. The first-order chi connectivity index (χ1) is 17.7. The molecule has 1 aliphatic heterocycles. The molecule has 11 heteroatoms. The summed E-state index contributed by atoms with van der Waals surface area (Å²) in [6.45, 7) is 3.28. The highest BCUT2D eigenvalue weighted by Crippen LogP contribution is 2.26. The molecule has 37 heavy (non-hydrogen) atoms. The summed E-state index contributed by atoms with van der Waals surface area (Å²) >= 11 is 7.54. The number of hydrogen-bond donors (Lipinski definition) is 4. The summed E-state index contributed by atoms with van der Waals surface area (Å²) < 4.78 is 0. The van der Waals surface area contributed by atoms with Gasteiger partial charge in [0.2, 0.25) is 5.91 Å². The van der Waals surface area contributed by atoms with E-state index in [-0.39, 0.29) is 29.8 Å². The van der Waals surface area contributed by atoms with Gasteiger partial charge >= 0.3 is 0 Å². The van der Waals surface area contributed by atoms with Crippen molar-refractivity contribution in [3.05, 3.63) is 50.6 Å². The Bertz CT molecular complexity index is 1290. The van der Waals surface area contributed by atoms with Crippen molar-refractivity contribution in [2.45, 2.75) is 57.7 Å². The lowest BCUT2D eigenvalue weighted by atomic mass is 9.90. The van der Waals surface area contributed by atoms with Crippen LogP contribution in [0.1, 0.15) is 63.5 Å². The van der Waals surface area contributed by atoms with Crippen molar-refractivity contribution < 1.29 is 14.4 Å². The number of carbonyl (C=O) groups is 3. The fourth-order valence-electron chi connectivity index (χ4n) is 4.60. The Morgan fingerprint density at radius 3 is 2.46 bits per heavy atom. The fourth-order valence-corrected chi connectivity index (χ4v) is 5.87. The molecule has 198 valence electrons. The second-order valence-electron chi connectivity index (χ2n) is 9.54. The number of amides is 3. The molecule has 2 atom stereocenters. The van der Waals surface area contributed by atoms with E-state index in [1.807, 2.05) is 18.2 Å². The van der Waals surface area contributed by atoms with Gasteiger partial charge in [0.05, 0.1) is 5.69 Å². The number of thiazole rings is 1. The van der Waals surface area contributed by atoms with Gasteiger partial charge in [0.15, 0.2) is 5.01 Å². The third-order valence-corrected chi connectivity index (χ3v) is 8.01. The predicted octanol–water partition coefficient (Wildman–Crippen LogP) is 3.49. The first-order valence-electron chi connectivity index (χ1n) is 12.5. The lowest BCUT2D eigenvalue weighted by Gasteiger charge is -2.32. The van der Waals surface area contributed by atoms with Crippen LogP contribution in [0.3, 0.4) is 0 Å². The minimum absolute atomic E-state index is 0.00463. The minimum Gasteiger partial charge on any atom is -0.359 e. The topological polar surface area (TPSA) is 119 Å². The molecular weight excluding hydrogens is 512 g/mol. The Balaban J connectivity index is 0.000000586. The second kappa shape index (κ2) is 12.1. The summed E-state index contributed by atoms with van der Waals surface area (Å²) in [6, 6.07) is 7.08. The molecule has 2 aromatic heterocycles. The maximum Gasteiger partial charge on any atom is 0.280 e. The Morgan fingerprint density at radius 2 is 1.78 bits per heavy atom. The highest BCUT2D eigenvalue weighted by molar-refractivity contribution is 7.13.